The number of hydrogen-bond acceptors (Lipinski definition) is 5. The van der Waals surface area contributed by atoms with Crippen molar-refractivity contribution in [1.82, 2.24) is 15.8 Å². The van der Waals surface area contributed by atoms with Gasteiger partial charge in [0.2, 0.25) is 5.91 Å². The molecule has 2 fully saturated rings. The predicted molar refractivity (Wildman–Crippen MR) is 106 cm³/mol. The van der Waals surface area contributed by atoms with Gasteiger partial charge in [0.1, 0.15) is 17.6 Å². The topological polar surface area (TPSA) is 84.8 Å². The number of aliphatic hydroxyl groups is 1. The van der Waals surface area contributed by atoms with Gasteiger partial charge in [-0.25, -0.2) is 15.2 Å². The Morgan fingerprint density at radius 3 is 2.55 bits per heavy atom. The molecule has 2 aliphatic heterocycles. The second-order valence-electron chi connectivity index (χ2n) is 7.91. The molecule has 4 unspecified atom stereocenters. The van der Waals surface area contributed by atoms with E-state index < -0.39 is 12.1 Å². The lowest BCUT2D eigenvalue weighted by atomic mass is 9.81. The third-order valence-corrected chi connectivity index (χ3v) is 6.01. The van der Waals surface area contributed by atoms with Crippen molar-refractivity contribution in [1.29, 1.82) is 0 Å². The molecule has 0 aromatic heterocycles. The van der Waals surface area contributed by atoms with Crippen LogP contribution in [-0.4, -0.2) is 40.2 Å². The fraction of sp³-hybridized carbons (Fsp3) is 0.409. The summed E-state index contributed by atoms with van der Waals surface area (Å²) in [6.07, 6.45) is 0.420. The van der Waals surface area contributed by atoms with E-state index in [2.05, 4.69) is 10.9 Å². The quantitative estimate of drug-likeness (QED) is 0.620. The number of halogens is 1. The van der Waals surface area contributed by atoms with Gasteiger partial charge in [-0.05, 0) is 43.5 Å². The summed E-state index contributed by atoms with van der Waals surface area (Å²) < 4.78 is 14.8. The third kappa shape index (κ3) is 3.29. The minimum Gasteiger partial charge on any atom is -0.508 e. The molecule has 2 heterocycles. The Balaban J connectivity index is 1.82. The van der Waals surface area contributed by atoms with Crippen LogP contribution in [-0.2, 0) is 4.79 Å². The SMILES string of the molecule is Cc1cc(C)c(C2NNC3C(=O)N(CCCO)C(c4ccccc4F)C32)c(O)c1. The summed E-state index contributed by atoms with van der Waals surface area (Å²) in [7, 11) is 0. The summed E-state index contributed by atoms with van der Waals surface area (Å²) >= 11 is 0. The molecule has 2 aromatic rings. The standard InChI is InChI=1S/C22H26FN3O3/c1-12-10-13(2)17(16(28)11-12)19-18-20(25-24-19)22(29)26(8-5-9-27)21(18)14-6-3-4-7-15(14)23/h3-4,6-7,10-11,18-21,24-25,27-28H,5,8-9H2,1-2H3. The van der Waals surface area contributed by atoms with Gasteiger partial charge in [0.25, 0.3) is 0 Å². The number of phenolic OH excluding ortho intramolecular Hbond substituents is 1. The number of phenols is 1. The summed E-state index contributed by atoms with van der Waals surface area (Å²) in [6, 6.07) is 8.78. The number of benzene rings is 2. The largest absolute Gasteiger partial charge is 0.508 e. The molecule has 0 spiro atoms. The molecule has 2 saturated heterocycles. The number of carbonyl (C=O) groups excluding carboxylic acids is 1. The number of hydrogen-bond donors (Lipinski definition) is 4. The van der Waals surface area contributed by atoms with Gasteiger partial charge < -0.3 is 15.1 Å². The molecule has 0 radical (unpaired) electrons. The minimum absolute atomic E-state index is 0.0456. The number of carbonyl (C=O) groups is 1. The number of rotatable bonds is 5. The van der Waals surface area contributed by atoms with Gasteiger partial charge in [0, 0.05) is 30.2 Å². The molecule has 6 nitrogen and oxygen atoms in total. The minimum atomic E-state index is -0.539. The number of amides is 1. The smallest absolute Gasteiger partial charge is 0.242 e. The van der Waals surface area contributed by atoms with Crippen molar-refractivity contribution < 1.29 is 19.4 Å². The maximum absolute atomic E-state index is 14.8. The van der Waals surface area contributed by atoms with Gasteiger partial charge in [0.15, 0.2) is 0 Å². The zero-order valence-electron chi connectivity index (χ0n) is 16.5. The summed E-state index contributed by atoms with van der Waals surface area (Å²) in [5, 5.41) is 19.9. The average molecular weight is 399 g/mol. The Kier molecular flexibility index (Phi) is 5.29. The highest BCUT2D eigenvalue weighted by Gasteiger charge is 2.56. The number of hydrazine groups is 1. The molecule has 2 aliphatic rings. The maximum atomic E-state index is 14.8. The molecular weight excluding hydrogens is 373 g/mol. The van der Waals surface area contributed by atoms with Crippen LogP contribution in [0.4, 0.5) is 4.39 Å². The highest BCUT2D eigenvalue weighted by Crippen LogP contribution is 2.49. The van der Waals surface area contributed by atoms with Gasteiger partial charge in [-0.3, -0.25) is 4.79 Å². The molecule has 154 valence electrons. The first-order valence-corrected chi connectivity index (χ1v) is 9.91. The van der Waals surface area contributed by atoms with Crippen LogP contribution >= 0.6 is 0 Å². The Morgan fingerprint density at radius 2 is 1.86 bits per heavy atom. The first kappa shape index (κ1) is 19.8. The van der Waals surface area contributed by atoms with Crippen LogP contribution in [0.2, 0.25) is 0 Å². The fourth-order valence-electron chi connectivity index (χ4n) is 4.89. The third-order valence-electron chi connectivity index (χ3n) is 6.01. The van der Waals surface area contributed by atoms with Gasteiger partial charge in [-0.2, -0.15) is 0 Å². The normalized spacial score (nSPS) is 26.2. The van der Waals surface area contributed by atoms with Crippen molar-refractivity contribution in [2.24, 2.45) is 5.92 Å². The number of likely N-dealkylation sites (tertiary alicyclic amines) is 1. The van der Waals surface area contributed by atoms with Crippen molar-refractivity contribution in [2.75, 3.05) is 13.2 Å². The number of nitrogens with zero attached hydrogens (tertiary/aromatic N) is 1. The van der Waals surface area contributed by atoms with E-state index in [4.69, 9.17) is 0 Å². The number of aliphatic hydroxyl groups excluding tert-OH is 1. The van der Waals surface area contributed by atoms with Crippen molar-refractivity contribution in [3.05, 3.63) is 64.5 Å². The summed E-state index contributed by atoms with van der Waals surface area (Å²) in [4.78, 5) is 14.8. The molecule has 7 heteroatoms. The van der Waals surface area contributed by atoms with Crippen LogP contribution in [0, 0.1) is 25.6 Å². The number of fused-ring (bicyclic) bond motifs is 1. The van der Waals surface area contributed by atoms with E-state index in [0.717, 1.165) is 11.1 Å². The summed E-state index contributed by atoms with van der Waals surface area (Å²) in [6.45, 7) is 4.14. The van der Waals surface area contributed by atoms with Gasteiger partial charge in [0.05, 0.1) is 12.1 Å². The van der Waals surface area contributed by atoms with Crippen LogP contribution < -0.4 is 10.9 Å². The Bertz CT molecular complexity index is 912. The second kappa shape index (κ2) is 7.74. The van der Waals surface area contributed by atoms with Crippen LogP contribution in [0.5, 0.6) is 5.75 Å². The van der Waals surface area contributed by atoms with Crippen LogP contribution in [0.15, 0.2) is 36.4 Å². The van der Waals surface area contributed by atoms with E-state index in [9.17, 15) is 19.4 Å². The average Bonchev–Trinajstić information content (AvgIpc) is 3.19. The van der Waals surface area contributed by atoms with E-state index in [1.165, 1.54) is 6.07 Å². The molecule has 2 aromatic carbocycles. The number of aromatic hydroxyl groups is 1. The van der Waals surface area contributed by atoms with Gasteiger partial charge >= 0.3 is 0 Å². The lowest BCUT2D eigenvalue weighted by Crippen LogP contribution is -2.42. The molecule has 4 rings (SSSR count). The van der Waals surface area contributed by atoms with Crippen LogP contribution in [0.25, 0.3) is 0 Å². The zero-order valence-corrected chi connectivity index (χ0v) is 16.5. The van der Waals surface area contributed by atoms with Crippen molar-refractivity contribution in [3.8, 4) is 5.75 Å². The molecular formula is C22H26FN3O3. The monoisotopic (exact) mass is 399 g/mol. The lowest BCUT2D eigenvalue weighted by Gasteiger charge is -2.32. The van der Waals surface area contributed by atoms with Crippen molar-refractivity contribution in [2.45, 2.75) is 38.4 Å². The Labute approximate surface area is 169 Å². The van der Waals surface area contributed by atoms with E-state index in [0.29, 0.717) is 24.1 Å². The van der Waals surface area contributed by atoms with E-state index in [1.807, 2.05) is 19.9 Å². The summed E-state index contributed by atoms with van der Waals surface area (Å²) in [5.74, 6) is -0.646. The highest BCUT2D eigenvalue weighted by molar-refractivity contribution is 5.86. The van der Waals surface area contributed by atoms with Crippen molar-refractivity contribution >= 4 is 5.91 Å². The van der Waals surface area contributed by atoms with Crippen LogP contribution in [0.3, 0.4) is 0 Å². The molecule has 0 bridgehead atoms. The Hall–Kier alpha value is -2.48. The number of aryl methyl sites for hydroxylation is 2. The Morgan fingerprint density at radius 1 is 1.14 bits per heavy atom. The first-order chi connectivity index (χ1) is 13.9. The van der Waals surface area contributed by atoms with Crippen LogP contribution in [0.1, 0.15) is 40.8 Å². The van der Waals surface area contributed by atoms with Gasteiger partial charge in [-0.1, -0.05) is 24.3 Å². The first-order valence-electron chi connectivity index (χ1n) is 9.91. The van der Waals surface area contributed by atoms with E-state index >= 15 is 0 Å². The molecule has 0 aliphatic carbocycles. The predicted octanol–water partition coefficient (Wildman–Crippen LogP) is 2.25. The van der Waals surface area contributed by atoms with Crippen molar-refractivity contribution in [3.63, 3.8) is 0 Å². The number of nitrogens with one attached hydrogen (secondary N) is 2. The van der Waals surface area contributed by atoms with Gasteiger partial charge in [-0.15, -0.1) is 0 Å². The lowest BCUT2D eigenvalue weighted by molar-refractivity contribution is -0.130. The second-order valence-corrected chi connectivity index (χ2v) is 7.91. The summed E-state index contributed by atoms with van der Waals surface area (Å²) in [5.41, 5.74) is 9.27. The van der Waals surface area contributed by atoms with E-state index in [-0.39, 0.29) is 36.0 Å². The fourth-order valence-corrected chi connectivity index (χ4v) is 4.89. The molecule has 0 saturated carbocycles. The zero-order chi connectivity index (χ0) is 20.7. The molecule has 4 atom stereocenters. The van der Waals surface area contributed by atoms with E-state index in [1.54, 1.807) is 29.2 Å². The molecule has 1 amide bonds. The molecule has 4 N–H and O–H groups in total. The molecule has 29 heavy (non-hydrogen) atoms. The highest BCUT2D eigenvalue weighted by atomic mass is 19.1. The maximum Gasteiger partial charge on any atom is 0.242 e.